The Morgan fingerprint density at radius 2 is 1.83 bits per heavy atom. The van der Waals surface area contributed by atoms with Gasteiger partial charge in [0.2, 0.25) is 0 Å². The molecule has 0 fully saturated rings. The number of rotatable bonds is 4. The molecular weight excluding hydrogens is 226 g/mol. The summed E-state index contributed by atoms with van der Waals surface area (Å²) in [5.41, 5.74) is 2.88. The van der Waals surface area contributed by atoms with E-state index >= 15 is 0 Å². The first-order valence-corrected chi connectivity index (χ1v) is 5.63. The fourth-order valence-corrected chi connectivity index (χ4v) is 1.59. The smallest absolute Gasteiger partial charge is 0.307 e. The molecule has 2 aromatic rings. The van der Waals surface area contributed by atoms with E-state index in [0.717, 1.165) is 16.7 Å². The fourth-order valence-electron chi connectivity index (χ4n) is 1.59. The van der Waals surface area contributed by atoms with Crippen molar-refractivity contribution in [2.75, 3.05) is 0 Å². The molecule has 0 radical (unpaired) electrons. The van der Waals surface area contributed by atoms with Crippen LogP contribution in [0.3, 0.4) is 0 Å². The average Bonchev–Trinajstić information content (AvgIpc) is 2.38. The standard InChI is InChI=1S/C15H13NO2/c17-15(18)10-13-6-3-12(4-7-13)5-8-14-2-1-9-16-11-14/h1-9,11H,10H2,(H,17,18)/b8-5-. The molecule has 1 aromatic carbocycles. The van der Waals surface area contributed by atoms with Gasteiger partial charge in [0.1, 0.15) is 0 Å². The molecule has 0 amide bonds. The van der Waals surface area contributed by atoms with Crippen LogP contribution in [0.15, 0.2) is 48.8 Å². The number of nitrogens with zero attached hydrogens (tertiary/aromatic N) is 1. The zero-order chi connectivity index (χ0) is 12.8. The molecule has 3 nitrogen and oxygen atoms in total. The minimum absolute atomic E-state index is 0.0621. The van der Waals surface area contributed by atoms with Gasteiger partial charge in [-0.1, -0.05) is 42.5 Å². The molecule has 18 heavy (non-hydrogen) atoms. The number of aromatic nitrogens is 1. The van der Waals surface area contributed by atoms with Crippen LogP contribution in [0.4, 0.5) is 0 Å². The minimum atomic E-state index is -0.811. The first kappa shape index (κ1) is 12.0. The Bertz CT molecular complexity index is 544. The maximum atomic E-state index is 10.5. The van der Waals surface area contributed by atoms with E-state index < -0.39 is 5.97 Å². The molecule has 1 heterocycles. The Labute approximate surface area is 105 Å². The maximum absolute atomic E-state index is 10.5. The number of hydrogen-bond donors (Lipinski definition) is 1. The average molecular weight is 239 g/mol. The van der Waals surface area contributed by atoms with Gasteiger partial charge in [0.05, 0.1) is 6.42 Å². The molecule has 90 valence electrons. The molecule has 3 heteroatoms. The number of pyridine rings is 1. The van der Waals surface area contributed by atoms with Crippen LogP contribution in [0.5, 0.6) is 0 Å². The Morgan fingerprint density at radius 1 is 1.11 bits per heavy atom. The van der Waals surface area contributed by atoms with Crippen LogP contribution >= 0.6 is 0 Å². The zero-order valence-electron chi connectivity index (χ0n) is 9.78. The van der Waals surface area contributed by atoms with Gasteiger partial charge in [-0.25, -0.2) is 0 Å². The molecule has 0 saturated heterocycles. The van der Waals surface area contributed by atoms with Crippen LogP contribution in [0.1, 0.15) is 16.7 Å². The van der Waals surface area contributed by atoms with Gasteiger partial charge >= 0.3 is 5.97 Å². The highest BCUT2D eigenvalue weighted by molar-refractivity contribution is 5.71. The van der Waals surface area contributed by atoms with E-state index in [9.17, 15) is 4.79 Å². The third-order valence-corrected chi connectivity index (χ3v) is 2.49. The largest absolute Gasteiger partial charge is 0.481 e. The van der Waals surface area contributed by atoms with E-state index in [0.29, 0.717) is 0 Å². The third-order valence-electron chi connectivity index (χ3n) is 2.49. The van der Waals surface area contributed by atoms with E-state index in [1.807, 2.05) is 48.6 Å². The molecule has 0 unspecified atom stereocenters. The molecule has 0 saturated carbocycles. The van der Waals surface area contributed by atoms with Gasteiger partial charge < -0.3 is 5.11 Å². The van der Waals surface area contributed by atoms with Gasteiger partial charge in [-0.3, -0.25) is 9.78 Å². The SMILES string of the molecule is O=C(O)Cc1ccc(/C=C\c2cccnc2)cc1. The second kappa shape index (κ2) is 5.77. The van der Waals surface area contributed by atoms with Crippen LogP contribution in [0.2, 0.25) is 0 Å². The molecule has 0 aliphatic heterocycles. The summed E-state index contributed by atoms with van der Waals surface area (Å²) >= 11 is 0. The van der Waals surface area contributed by atoms with Crippen LogP contribution < -0.4 is 0 Å². The van der Waals surface area contributed by atoms with Crippen molar-refractivity contribution in [1.29, 1.82) is 0 Å². The molecule has 0 spiro atoms. The van der Waals surface area contributed by atoms with E-state index in [1.165, 1.54) is 0 Å². The van der Waals surface area contributed by atoms with E-state index in [1.54, 1.807) is 12.4 Å². The monoisotopic (exact) mass is 239 g/mol. The van der Waals surface area contributed by atoms with Gasteiger partial charge in [0, 0.05) is 12.4 Å². The Kier molecular flexibility index (Phi) is 3.86. The zero-order valence-corrected chi connectivity index (χ0v) is 9.78. The van der Waals surface area contributed by atoms with Crippen LogP contribution in [-0.4, -0.2) is 16.1 Å². The van der Waals surface area contributed by atoms with Crippen molar-refractivity contribution >= 4 is 18.1 Å². The number of carboxylic acids is 1. The lowest BCUT2D eigenvalue weighted by Crippen LogP contribution is -1.99. The summed E-state index contributed by atoms with van der Waals surface area (Å²) in [6.07, 6.45) is 7.53. The van der Waals surface area contributed by atoms with Crippen molar-refractivity contribution in [3.63, 3.8) is 0 Å². The van der Waals surface area contributed by atoms with Crippen molar-refractivity contribution in [1.82, 2.24) is 4.98 Å². The van der Waals surface area contributed by atoms with Gasteiger partial charge in [0.15, 0.2) is 0 Å². The summed E-state index contributed by atoms with van der Waals surface area (Å²) in [5.74, 6) is -0.811. The number of aliphatic carboxylic acids is 1. The van der Waals surface area contributed by atoms with Gasteiger partial charge in [-0.15, -0.1) is 0 Å². The predicted octanol–water partition coefficient (Wildman–Crippen LogP) is 2.88. The highest BCUT2D eigenvalue weighted by Crippen LogP contribution is 2.09. The maximum Gasteiger partial charge on any atom is 0.307 e. The topological polar surface area (TPSA) is 50.2 Å². The fraction of sp³-hybridized carbons (Fsp3) is 0.0667. The van der Waals surface area contributed by atoms with Crippen molar-refractivity contribution in [2.45, 2.75) is 6.42 Å². The Morgan fingerprint density at radius 3 is 2.44 bits per heavy atom. The first-order valence-electron chi connectivity index (χ1n) is 5.63. The lowest BCUT2D eigenvalue weighted by Gasteiger charge is -1.98. The number of benzene rings is 1. The number of carboxylic acid groups (broad SMARTS) is 1. The van der Waals surface area contributed by atoms with Crippen molar-refractivity contribution in [3.8, 4) is 0 Å². The summed E-state index contributed by atoms with van der Waals surface area (Å²) in [4.78, 5) is 14.6. The summed E-state index contributed by atoms with van der Waals surface area (Å²) in [5, 5.41) is 8.67. The molecule has 1 N–H and O–H groups in total. The lowest BCUT2D eigenvalue weighted by molar-refractivity contribution is -0.136. The summed E-state index contributed by atoms with van der Waals surface area (Å²) in [6, 6.07) is 11.3. The molecule has 0 aliphatic carbocycles. The van der Waals surface area contributed by atoms with E-state index in [-0.39, 0.29) is 6.42 Å². The number of carbonyl (C=O) groups is 1. The van der Waals surface area contributed by atoms with Crippen molar-refractivity contribution in [3.05, 3.63) is 65.5 Å². The van der Waals surface area contributed by atoms with Crippen LogP contribution in [0.25, 0.3) is 12.2 Å². The van der Waals surface area contributed by atoms with Crippen LogP contribution in [-0.2, 0) is 11.2 Å². The first-order chi connectivity index (χ1) is 8.74. The molecule has 0 atom stereocenters. The Balaban J connectivity index is 2.06. The van der Waals surface area contributed by atoms with Gasteiger partial charge in [-0.2, -0.15) is 0 Å². The molecular formula is C15H13NO2. The summed E-state index contributed by atoms with van der Waals surface area (Å²) < 4.78 is 0. The van der Waals surface area contributed by atoms with Crippen molar-refractivity contribution in [2.24, 2.45) is 0 Å². The van der Waals surface area contributed by atoms with E-state index in [4.69, 9.17) is 5.11 Å². The van der Waals surface area contributed by atoms with Crippen molar-refractivity contribution < 1.29 is 9.90 Å². The lowest BCUT2D eigenvalue weighted by atomic mass is 10.1. The molecule has 0 bridgehead atoms. The highest BCUT2D eigenvalue weighted by atomic mass is 16.4. The molecule has 2 rings (SSSR count). The third kappa shape index (κ3) is 3.56. The quantitative estimate of drug-likeness (QED) is 0.892. The summed E-state index contributed by atoms with van der Waals surface area (Å²) in [6.45, 7) is 0. The van der Waals surface area contributed by atoms with Gasteiger partial charge in [0.25, 0.3) is 0 Å². The summed E-state index contributed by atoms with van der Waals surface area (Å²) in [7, 11) is 0. The normalized spacial score (nSPS) is 10.7. The molecule has 0 aliphatic rings. The highest BCUT2D eigenvalue weighted by Gasteiger charge is 1.98. The minimum Gasteiger partial charge on any atom is -0.481 e. The predicted molar refractivity (Wildman–Crippen MR) is 70.9 cm³/mol. The van der Waals surface area contributed by atoms with Gasteiger partial charge in [-0.05, 0) is 22.8 Å². The van der Waals surface area contributed by atoms with E-state index in [2.05, 4.69) is 4.98 Å². The van der Waals surface area contributed by atoms with Crippen LogP contribution in [0, 0.1) is 0 Å². The second-order valence-electron chi connectivity index (χ2n) is 3.93. The molecule has 1 aromatic heterocycles. The number of hydrogen-bond acceptors (Lipinski definition) is 2. The Hall–Kier alpha value is -2.42. The second-order valence-corrected chi connectivity index (χ2v) is 3.93.